The SMILES string of the molecule is Cc1ccccc1NCc1ccc(C(=O)OC(c2ccccc2)c2ccccc2)cc1. The van der Waals surface area contributed by atoms with E-state index in [0.717, 1.165) is 22.4 Å². The molecule has 0 spiro atoms. The molecule has 4 rings (SSSR count). The highest BCUT2D eigenvalue weighted by Crippen LogP contribution is 2.27. The first-order chi connectivity index (χ1) is 15.2. The number of carbonyl (C=O) groups excluding carboxylic acids is 1. The van der Waals surface area contributed by atoms with Gasteiger partial charge in [-0.05, 0) is 47.4 Å². The first-order valence-corrected chi connectivity index (χ1v) is 10.4. The van der Waals surface area contributed by atoms with Crippen LogP contribution in [0.1, 0.15) is 38.7 Å². The molecule has 0 fully saturated rings. The Kier molecular flexibility index (Phi) is 6.44. The number of hydrogen-bond acceptors (Lipinski definition) is 3. The van der Waals surface area contributed by atoms with Crippen molar-refractivity contribution in [2.45, 2.75) is 19.6 Å². The largest absolute Gasteiger partial charge is 0.449 e. The summed E-state index contributed by atoms with van der Waals surface area (Å²) in [5.41, 5.74) is 5.84. The Morgan fingerprint density at radius 3 is 1.87 bits per heavy atom. The first-order valence-electron chi connectivity index (χ1n) is 10.4. The fourth-order valence-electron chi connectivity index (χ4n) is 3.49. The smallest absolute Gasteiger partial charge is 0.339 e. The van der Waals surface area contributed by atoms with Crippen molar-refractivity contribution in [3.8, 4) is 0 Å². The maximum absolute atomic E-state index is 12.9. The van der Waals surface area contributed by atoms with Crippen LogP contribution in [-0.4, -0.2) is 5.97 Å². The van der Waals surface area contributed by atoms with Gasteiger partial charge < -0.3 is 10.1 Å². The van der Waals surface area contributed by atoms with Crippen molar-refractivity contribution in [3.05, 3.63) is 137 Å². The van der Waals surface area contributed by atoms with Crippen LogP contribution >= 0.6 is 0 Å². The Hall–Kier alpha value is -3.85. The van der Waals surface area contributed by atoms with Crippen molar-refractivity contribution in [1.82, 2.24) is 0 Å². The lowest BCUT2D eigenvalue weighted by Crippen LogP contribution is -2.13. The number of anilines is 1. The van der Waals surface area contributed by atoms with Crippen LogP contribution in [0.3, 0.4) is 0 Å². The van der Waals surface area contributed by atoms with E-state index in [9.17, 15) is 4.79 Å². The van der Waals surface area contributed by atoms with E-state index in [0.29, 0.717) is 12.1 Å². The summed E-state index contributed by atoms with van der Waals surface area (Å²) < 4.78 is 5.94. The zero-order chi connectivity index (χ0) is 21.5. The number of hydrogen-bond donors (Lipinski definition) is 1. The van der Waals surface area contributed by atoms with Gasteiger partial charge in [0.2, 0.25) is 0 Å². The second-order valence-corrected chi connectivity index (χ2v) is 7.47. The molecule has 0 heterocycles. The van der Waals surface area contributed by atoms with Gasteiger partial charge in [0.15, 0.2) is 6.10 Å². The molecule has 0 aromatic heterocycles. The molecule has 4 aromatic rings. The first kappa shape index (κ1) is 20.4. The van der Waals surface area contributed by atoms with Gasteiger partial charge in [-0.25, -0.2) is 4.79 Å². The molecular weight excluding hydrogens is 382 g/mol. The quantitative estimate of drug-likeness (QED) is 0.353. The number of aryl methyl sites for hydroxylation is 1. The molecule has 31 heavy (non-hydrogen) atoms. The number of benzene rings is 4. The number of esters is 1. The van der Waals surface area contributed by atoms with E-state index >= 15 is 0 Å². The molecule has 0 saturated heterocycles. The maximum Gasteiger partial charge on any atom is 0.339 e. The number of nitrogens with one attached hydrogen (secondary N) is 1. The third kappa shape index (κ3) is 5.20. The van der Waals surface area contributed by atoms with Gasteiger partial charge in [-0.15, -0.1) is 0 Å². The molecule has 0 radical (unpaired) electrons. The molecule has 0 saturated carbocycles. The number of ether oxygens (including phenoxy) is 1. The zero-order valence-corrected chi connectivity index (χ0v) is 17.5. The Morgan fingerprint density at radius 2 is 1.29 bits per heavy atom. The van der Waals surface area contributed by atoms with Crippen LogP contribution in [-0.2, 0) is 11.3 Å². The topological polar surface area (TPSA) is 38.3 Å². The van der Waals surface area contributed by atoms with E-state index < -0.39 is 6.10 Å². The minimum atomic E-state index is -0.447. The summed E-state index contributed by atoms with van der Waals surface area (Å²) in [6.45, 7) is 2.77. The standard InChI is InChI=1S/C28H25NO2/c1-21-10-8-9-15-26(21)29-20-22-16-18-25(19-17-22)28(30)31-27(23-11-4-2-5-12-23)24-13-6-3-7-14-24/h2-19,27,29H,20H2,1H3. The predicted molar refractivity (Wildman–Crippen MR) is 125 cm³/mol. The Bertz CT molecular complexity index is 1080. The molecule has 0 amide bonds. The molecule has 0 unspecified atom stereocenters. The summed E-state index contributed by atoms with van der Waals surface area (Å²) >= 11 is 0. The fourth-order valence-corrected chi connectivity index (χ4v) is 3.49. The highest BCUT2D eigenvalue weighted by molar-refractivity contribution is 5.89. The number of carbonyl (C=O) groups is 1. The van der Waals surface area contributed by atoms with Crippen molar-refractivity contribution in [2.75, 3.05) is 5.32 Å². The van der Waals surface area contributed by atoms with Gasteiger partial charge >= 0.3 is 5.97 Å². The zero-order valence-electron chi connectivity index (χ0n) is 17.5. The van der Waals surface area contributed by atoms with Gasteiger partial charge in [0.1, 0.15) is 0 Å². The van der Waals surface area contributed by atoms with E-state index in [1.807, 2.05) is 97.1 Å². The highest BCUT2D eigenvalue weighted by Gasteiger charge is 2.19. The highest BCUT2D eigenvalue weighted by atomic mass is 16.5. The molecule has 1 N–H and O–H groups in total. The number of rotatable bonds is 7. The maximum atomic E-state index is 12.9. The molecule has 4 aromatic carbocycles. The minimum Gasteiger partial charge on any atom is -0.449 e. The molecule has 0 aliphatic carbocycles. The van der Waals surface area contributed by atoms with Gasteiger partial charge in [-0.2, -0.15) is 0 Å². The predicted octanol–water partition coefficient (Wildman–Crippen LogP) is 6.55. The second kappa shape index (κ2) is 9.77. The third-order valence-corrected chi connectivity index (χ3v) is 5.25. The summed E-state index contributed by atoms with van der Waals surface area (Å²) in [6, 6.07) is 35.4. The third-order valence-electron chi connectivity index (χ3n) is 5.25. The van der Waals surface area contributed by atoms with Gasteiger partial charge in [0.05, 0.1) is 5.56 Å². The average Bonchev–Trinajstić information content (AvgIpc) is 2.83. The summed E-state index contributed by atoms with van der Waals surface area (Å²) in [5, 5.41) is 3.44. The molecule has 0 aliphatic heterocycles. The van der Waals surface area contributed by atoms with Crippen LogP contribution in [0.5, 0.6) is 0 Å². The lowest BCUT2D eigenvalue weighted by atomic mass is 10.0. The molecule has 0 bridgehead atoms. The molecular formula is C28H25NO2. The molecule has 3 nitrogen and oxygen atoms in total. The molecule has 154 valence electrons. The van der Waals surface area contributed by atoms with Crippen LogP contribution in [0, 0.1) is 6.92 Å². The minimum absolute atomic E-state index is 0.337. The van der Waals surface area contributed by atoms with Crippen LogP contribution in [0.2, 0.25) is 0 Å². The second-order valence-electron chi connectivity index (χ2n) is 7.47. The van der Waals surface area contributed by atoms with Gasteiger partial charge in [-0.3, -0.25) is 0 Å². The van der Waals surface area contributed by atoms with Crippen LogP contribution < -0.4 is 5.32 Å². The van der Waals surface area contributed by atoms with E-state index in [-0.39, 0.29) is 5.97 Å². The number of para-hydroxylation sites is 1. The summed E-state index contributed by atoms with van der Waals surface area (Å²) in [5.74, 6) is -0.337. The van der Waals surface area contributed by atoms with Crippen molar-refractivity contribution >= 4 is 11.7 Å². The van der Waals surface area contributed by atoms with E-state index in [2.05, 4.69) is 24.4 Å². The van der Waals surface area contributed by atoms with Crippen molar-refractivity contribution in [2.24, 2.45) is 0 Å². The van der Waals surface area contributed by atoms with Crippen LogP contribution in [0.15, 0.2) is 109 Å². The Morgan fingerprint density at radius 1 is 0.742 bits per heavy atom. The molecule has 0 aliphatic rings. The van der Waals surface area contributed by atoms with E-state index in [4.69, 9.17) is 4.74 Å². The molecule has 0 atom stereocenters. The summed E-state index contributed by atoms with van der Waals surface area (Å²) in [4.78, 5) is 12.9. The van der Waals surface area contributed by atoms with Crippen molar-refractivity contribution in [3.63, 3.8) is 0 Å². The monoisotopic (exact) mass is 407 g/mol. The fraction of sp³-hybridized carbons (Fsp3) is 0.107. The summed E-state index contributed by atoms with van der Waals surface area (Å²) in [6.07, 6.45) is -0.447. The van der Waals surface area contributed by atoms with Crippen molar-refractivity contribution in [1.29, 1.82) is 0 Å². The Labute approximate surface area is 183 Å². The average molecular weight is 408 g/mol. The van der Waals surface area contributed by atoms with Crippen LogP contribution in [0.4, 0.5) is 5.69 Å². The lowest BCUT2D eigenvalue weighted by molar-refractivity contribution is 0.0378. The Balaban J connectivity index is 1.46. The normalized spacial score (nSPS) is 10.6. The lowest BCUT2D eigenvalue weighted by Gasteiger charge is -2.19. The van der Waals surface area contributed by atoms with E-state index in [1.54, 1.807) is 0 Å². The molecule has 3 heteroatoms. The van der Waals surface area contributed by atoms with Crippen molar-refractivity contribution < 1.29 is 9.53 Å². The van der Waals surface area contributed by atoms with E-state index in [1.165, 1.54) is 5.56 Å². The van der Waals surface area contributed by atoms with Gasteiger partial charge in [0, 0.05) is 12.2 Å². The van der Waals surface area contributed by atoms with Crippen LogP contribution in [0.25, 0.3) is 0 Å². The summed E-state index contributed by atoms with van der Waals surface area (Å²) in [7, 11) is 0. The van der Waals surface area contributed by atoms with Gasteiger partial charge in [-0.1, -0.05) is 91.0 Å². The van der Waals surface area contributed by atoms with Gasteiger partial charge in [0.25, 0.3) is 0 Å².